The van der Waals surface area contributed by atoms with Crippen molar-refractivity contribution in [2.24, 2.45) is 0 Å². The van der Waals surface area contributed by atoms with E-state index >= 15 is 0 Å². The first kappa shape index (κ1) is 17.9. The fourth-order valence-electron chi connectivity index (χ4n) is 4.01. The van der Waals surface area contributed by atoms with E-state index in [1.54, 1.807) is 0 Å². The fraction of sp³-hybridized carbons (Fsp3) is 0.318. The number of H-pyrrole nitrogens is 1. The summed E-state index contributed by atoms with van der Waals surface area (Å²) in [6, 6.07) is 12.5. The van der Waals surface area contributed by atoms with Gasteiger partial charge in [0, 0.05) is 37.7 Å². The van der Waals surface area contributed by atoms with Gasteiger partial charge in [-0.25, -0.2) is 9.67 Å². The second kappa shape index (κ2) is 7.33. The Bertz CT molecular complexity index is 1180. The number of hydrogen-bond acceptors (Lipinski definition) is 4. The van der Waals surface area contributed by atoms with Crippen LogP contribution in [-0.4, -0.2) is 37.5 Å². The summed E-state index contributed by atoms with van der Waals surface area (Å²) in [4.78, 5) is 20.5. The largest absolute Gasteiger partial charge is 0.381 e. The highest BCUT2D eigenvalue weighted by molar-refractivity contribution is 5.77. The monoisotopic (exact) mass is 389 g/mol. The normalized spacial score (nSPS) is 15.2. The Hall–Kier alpha value is -3.19. The number of fused-ring (bicyclic) bond motifs is 1. The summed E-state index contributed by atoms with van der Waals surface area (Å²) in [5.74, 6) is 0.657. The number of hydrogen-bond donors (Lipinski definition) is 1. The molecule has 148 valence electrons. The molecule has 0 saturated carbocycles. The minimum Gasteiger partial charge on any atom is -0.381 e. The van der Waals surface area contributed by atoms with Gasteiger partial charge in [-0.05, 0) is 49.6 Å². The molecule has 1 aromatic carbocycles. The van der Waals surface area contributed by atoms with Gasteiger partial charge in [-0.1, -0.05) is 12.1 Å². The summed E-state index contributed by atoms with van der Waals surface area (Å²) in [6.45, 7) is 3.30. The van der Waals surface area contributed by atoms with Gasteiger partial charge in [0.25, 0.3) is 5.56 Å². The Morgan fingerprint density at radius 3 is 2.59 bits per heavy atom. The maximum absolute atomic E-state index is 12.7. The molecule has 1 fully saturated rings. The summed E-state index contributed by atoms with van der Waals surface area (Å²) >= 11 is 0. The van der Waals surface area contributed by atoms with Gasteiger partial charge in [-0.2, -0.15) is 5.10 Å². The first-order valence-corrected chi connectivity index (χ1v) is 9.97. The van der Waals surface area contributed by atoms with Crippen LogP contribution in [0.1, 0.15) is 36.0 Å². The second-order valence-corrected chi connectivity index (χ2v) is 7.52. The van der Waals surface area contributed by atoms with Crippen molar-refractivity contribution in [2.45, 2.75) is 32.2 Å². The number of aromatic amines is 1. The highest BCUT2D eigenvalue weighted by Crippen LogP contribution is 2.25. The molecule has 0 amide bonds. The molecule has 5 rings (SSSR count). The van der Waals surface area contributed by atoms with E-state index in [0.29, 0.717) is 23.3 Å². The van der Waals surface area contributed by atoms with E-state index in [9.17, 15) is 4.79 Å². The number of aromatic nitrogens is 5. The molecule has 29 heavy (non-hydrogen) atoms. The van der Waals surface area contributed by atoms with E-state index in [2.05, 4.69) is 38.9 Å². The summed E-state index contributed by atoms with van der Waals surface area (Å²) in [5.41, 5.74) is 3.48. The molecule has 7 heteroatoms. The molecule has 1 saturated heterocycles. The summed E-state index contributed by atoms with van der Waals surface area (Å²) in [5, 5.41) is 5.22. The van der Waals surface area contributed by atoms with Gasteiger partial charge in [-0.15, -0.1) is 0 Å². The van der Waals surface area contributed by atoms with Gasteiger partial charge < -0.3 is 14.3 Å². The minimum absolute atomic E-state index is 0.121. The Kier molecular flexibility index (Phi) is 4.52. The number of benzene rings is 1. The summed E-state index contributed by atoms with van der Waals surface area (Å²) < 4.78 is 9.46. The van der Waals surface area contributed by atoms with Crippen molar-refractivity contribution in [3.8, 4) is 5.69 Å². The lowest BCUT2D eigenvalue weighted by atomic mass is 10.1. The maximum Gasteiger partial charge on any atom is 0.262 e. The lowest BCUT2D eigenvalue weighted by Crippen LogP contribution is -2.21. The van der Waals surface area contributed by atoms with Crippen molar-refractivity contribution in [1.82, 2.24) is 24.3 Å². The van der Waals surface area contributed by atoms with Crippen molar-refractivity contribution in [3.05, 3.63) is 76.2 Å². The molecule has 4 aromatic rings. The van der Waals surface area contributed by atoms with Crippen LogP contribution in [0.5, 0.6) is 0 Å². The van der Waals surface area contributed by atoms with Crippen LogP contribution in [0, 0.1) is 6.92 Å². The van der Waals surface area contributed by atoms with E-state index in [1.807, 2.05) is 36.1 Å². The zero-order valence-electron chi connectivity index (χ0n) is 16.3. The predicted octanol–water partition coefficient (Wildman–Crippen LogP) is 3.16. The average molecular weight is 389 g/mol. The molecule has 0 radical (unpaired) electrons. The van der Waals surface area contributed by atoms with E-state index in [-0.39, 0.29) is 11.6 Å². The molecule has 0 aliphatic carbocycles. The molecule has 0 spiro atoms. The van der Waals surface area contributed by atoms with Crippen LogP contribution in [0.3, 0.4) is 0 Å². The van der Waals surface area contributed by atoms with Gasteiger partial charge in [0.2, 0.25) is 0 Å². The lowest BCUT2D eigenvalue weighted by Gasteiger charge is -2.22. The van der Waals surface area contributed by atoms with Gasteiger partial charge in [0.1, 0.15) is 11.2 Å². The Morgan fingerprint density at radius 2 is 1.86 bits per heavy atom. The van der Waals surface area contributed by atoms with Crippen LogP contribution in [0.15, 0.2) is 53.6 Å². The quantitative estimate of drug-likeness (QED) is 0.582. The standard InChI is InChI=1S/C22H23N5O2/c1-15-20-21(27(25-15)18-8-12-29-13-9-18)23-19(24-22(20)28)14-16-4-6-17(7-5-16)26-10-2-3-11-26/h2-7,10-11,18H,8-9,12-14H2,1H3,(H,23,24,28). The van der Waals surface area contributed by atoms with Gasteiger partial charge >= 0.3 is 0 Å². The van der Waals surface area contributed by atoms with Crippen molar-refractivity contribution >= 4 is 11.0 Å². The summed E-state index contributed by atoms with van der Waals surface area (Å²) in [7, 11) is 0. The lowest BCUT2D eigenvalue weighted by molar-refractivity contribution is 0.0672. The fourth-order valence-corrected chi connectivity index (χ4v) is 4.01. The zero-order valence-corrected chi connectivity index (χ0v) is 16.3. The van der Waals surface area contributed by atoms with Crippen LogP contribution >= 0.6 is 0 Å². The second-order valence-electron chi connectivity index (χ2n) is 7.52. The highest BCUT2D eigenvalue weighted by Gasteiger charge is 2.22. The first-order chi connectivity index (χ1) is 14.2. The van der Waals surface area contributed by atoms with E-state index in [0.717, 1.165) is 43.0 Å². The van der Waals surface area contributed by atoms with Crippen LogP contribution in [0.4, 0.5) is 0 Å². The third-order valence-corrected chi connectivity index (χ3v) is 5.53. The molecule has 1 N–H and O–H groups in total. The summed E-state index contributed by atoms with van der Waals surface area (Å²) in [6.07, 6.45) is 6.38. The minimum atomic E-state index is -0.121. The molecular formula is C22H23N5O2. The molecule has 1 aliphatic heterocycles. The van der Waals surface area contributed by atoms with Crippen LogP contribution in [-0.2, 0) is 11.2 Å². The molecule has 7 nitrogen and oxygen atoms in total. The van der Waals surface area contributed by atoms with Gasteiger partial charge in [0.05, 0.1) is 11.7 Å². The van der Waals surface area contributed by atoms with Gasteiger partial charge in [-0.3, -0.25) is 4.79 Å². The molecular weight excluding hydrogens is 366 g/mol. The van der Waals surface area contributed by atoms with Crippen LogP contribution < -0.4 is 5.56 Å². The molecule has 1 aliphatic rings. The van der Waals surface area contributed by atoms with Crippen LogP contribution in [0.2, 0.25) is 0 Å². The topological polar surface area (TPSA) is 77.7 Å². The predicted molar refractivity (Wildman–Crippen MR) is 111 cm³/mol. The number of rotatable bonds is 4. The first-order valence-electron chi connectivity index (χ1n) is 9.97. The molecule has 3 aromatic heterocycles. The molecule has 0 unspecified atom stereocenters. The Labute approximate surface area is 168 Å². The van der Waals surface area contributed by atoms with Gasteiger partial charge in [0.15, 0.2) is 5.65 Å². The van der Waals surface area contributed by atoms with Crippen molar-refractivity contribution in [3.63, 3.8) is 0 Å². The van der Waals surface area contributed by atoms with Crippen molar-refractivity contribution < 1.29 is 4.74 Å². The highest BCUT2D eigenvalue weighted by atomic mass is 16.5. The average Bonchev–Trinajstić information content (AvgIpc) is 3.38. The third kappa shape index (κ3) is 3.38. The molecule has 0 bridgehead atoms. The third-order valence-electron chi connectivity index (χ3n) is 5.53. The van der Waals surface area contributed by atoms with E-state index < -0.39 is 0 Å². The Morgan fingerprint density at radius 1 is 1.14 bits per heavy atom. The van der Waals surface area contributed by atoms with Crippen LogP contribution in [0.25, 0.3) is 16.7 Å². The number of nitrogens with one attached hydrogen (secondary N) is 1. The van der Waals surface area contributed by atoms with Crippen molar-refractivity contribution in [2.75, 3.05) is 13.2 Å². The number of aryl methyl sites for hydroxylation is 1. The molecule has 0 atom stereocenters. The van der Waals surface area contributed by atoms with E-state index in [4.69, 9.17) is 9.72 Å². The van der Waals surface area contributed by atoms with E-state index in [1.165, 1.54) is 0 Å². The maximum atomic E-state index is 12.7. The number of ether oxygens (including phenoxy) is 1. The molecule has 4 heterocycles. The smallest absolute Gasteiger partial charge is 0.262 e. The van der Waals surface area contributed by atoms with Crippen molar-refractivity contribution in [1.29, 1.82) is 0 Å². The SMILES string of the molecule is Cc1nn(C2CCOCC2)c2nc(Cc3ccc(-n4cccc4)cc3)[nH]c(=O)c12. The number of nitrogens with zero attached hydrogens (tertiary/aromatic N) is 4. The zero-order chi connectivity index (χ0) is 19.8. The Balaban J connectivity index is 1.48.